The van der Waals surface area contributed by atoms with Crippen LogP contribution in [0.3, 0.4) is 0 Å². The van der Waals surface area contributed by atoms with Gasteiger partial charge in [0.2, 0.25) is 0 Å². The molecule has 1 N–H and O–H groups in total. The number of halogens is 2. The molecule has 0 spiro atoms. The second kappa shape index (κ2) is 6.31. The quantitative estimate of drug-likeness (QED) is 0.701. The van der Waals surface area contributed by atoms with Crippen molar-refractivity contribution >= 4 is 29.3 Å². The lowest BCUT2D eigenvalue weighted by Crippen LogP contribution is -2.24. The molecule has 0 saturated heterocycles. The minimum absolute atomic E-state index is 0.251. The van der Waals surface area contributed by atoms with Gasteiger partial charge in [-0.05, 0) is 0 Å². The van der Waals surface area contributed by atoms with Crippen LogP contribution < -0.4 is 5.32 Å². The Bertz CT molecular complexity index is 159. The van der Waals surface area contributed by atoms with E-state index in [1.165, 1.54) is 7.11 Å². The Kier molecular flexibility index (Phi) is 6.07. The number of carbonyl (C=O) groups is 1. The fraction of sp³-hybridized carbons (Fsp3) is 0.500. The normalized spacial score (nSPS) is 11.0. The molecular formula is C6H9Cl2NO2. The monoisotopic (exact) mass is 197 g/mol. The van der Waals surface area contributed by atoms with Gasteiger partial charge < -0.3 is 10.1 Å². The average Bonchev–Trinajstić information content (AvgIpc) is 2.01. The number of nitrogens with one attached hydrogen (secondary N) is 1. The average molecular weight is 198 g/mol. The summed E-state index contributed by atoms with van der Waals surface area (Å²) in [5.41, 5.74) is 0. The standard InChI is InChI=1S/C6H9Cl2NO2/c1-11-6(10)9-4-5(8)2-3-7/h2H,3-4H2,1H3,(H,9,10)/b5-2-. The Morgan fingerprint density at radius 1 is 1.73 bits per heavy atom. The van der Waals surface area contributed by atoms with Crippen LogP contribution in [-0.4, -0.2) is 25.6 Å². The molecule has 0 heterocycles. The number of amides is 1. The first kappa shape index (κ1) is 10.6. The second-order valence-corrected chi connectivity index (χ2v) is 2.44. The second-order valence-electron chi connectivity index (χ2n) is 1.65. The fourth-order valence-corrected chi connectivity index (χ4v) is 0.794. The third-order valence-corrected chi connectivity index (χ3v) is 1.33. The van der Waals surface area contributed by atoms with Gasteiger partial charge in [0.15, 0.2) is 0 Å². The molecule has 0 aromatic heterocycles. The largest absolute Gasteiger partial charge is 0.453 e. The highest BCUT2D eigenvalue weighted by molar-refractivity contribution is 6.30. The maximum atomic E-state index is 10.5. The molecule has 0 unspecified atom stereocenters. The summed E-state index contributed by atoms with van der Waals surface area (Å²) in [6, 6.07) is 0. The smallest absolute Gasteiger partial charge is 0.407 e. The van der Waals surface area contributed by atoms with Gasteiger partial charge in [-0.1, -0.05) is 17.7 Å². The molecule has 0 rings (SSSR count). The van der Waals surface area contributed by atoms with Crippen LogP contribution >= 0.6 is 23.2 Å². The molecule has 0 aliphatic rings. The lowest BCUT2D eigenvalue weighted by atomic mass is 10.5. The van der Waals surface area contributed by atoms with Gasteiger partial charge >= 0.3 is 6.09 Å². The molecule has 0 bridgehead atoms. The zero-order chi connectivity index (χ0) is 8.69. The van der Waals surface area contributed by atoms with Crippen molar-refractivity contribution in [3.05, 3.63) is 11.1 Å². The third-order valence-electron chi connectivity index (χ3n) is 0.886. The van der Waals surface area contributed by atoms with Crippen LogP contribution in [-0.2, 0) is 4.74 Å². The summed E-state index contributed by atoms with van der Waals surface area (Å²) in [6.07, 6.45) is 1.09. The maximum Gasteiger partial charge on any atom is 0.407 e. The topological polar surface area (TPSA) is 38.3 Å². The SMILES string of the molecule is COC(=O)NC/C(Cl)=C/CCl. The Morgan fingerprint density at radius 2 is 2.36 bits per heavy atom. The summed E-state index contributed by atoms with van der Waals surface area (Å²) < 4.78 is 4.31. The summed E-state index contributed by atoms with van der Waals surface area (Å²) >= 11 is 10.9. The van der Waals surface area contributed by atoms with Gasteiger partial charge in [0.05, 0.1) is 13.7 Å². The summed E-state index contributed by atoms with van der Waals surface area (Å²) in [4.78, 5) is 10.5. The number of hydrogen-bond acceptors (Lipinski definition) is 2. The van der Waals surface area contributed by atoms with Crippen molar-refractivity contribution < 1.29 is 9.53 Å². The van der Waals surface area contributed by atoms with E-state index in [0.717, 1.165) is 0 Å². The van der Waals surface area contributed by atoms with Crippen molar-refractivity contribution in [2.45, 2.75) is 0 Å². The number of alkyl halides is 1. The molecule has 0 saturated carbocycles. The zero-order valence-corrected chi connectivity index (χ0v) is 7.58. The number of allylic oxidation sites excluding steroid dienone is 1. The van der Waals surface area contributed by atoms with Crippen molar-refractivity contribution in [3.8, 4) is 0 Å². The summed E-state index contributed by atoms with van der Waals surface area (Å²) in [7, 11) is 1.29. The van der Waals surface area contributed by atoms with Gasteiger partial charge in [-0.25, -0.2) is 4.79 Å². The van der Waals surface area contributed by atoms with Gasteiger partial charge in [-0.3, -0.25) is 0 Å². The van der Waals surface area contributed by atoms with Crippen molar-refractivity contribution in [3.63, 3.8) is 0 Å². The molecular weight excluding hydrogens is 189 g/mol. The number of hydrogen-bond donors (Lipinski definition) is 1. The fourth-order valence-electron chi connectivity index (χ4n) is 0.385. The van der Waals surface area contributed by atoms with Gasteiger partial charge in [-0.2, -0.15) is 0 Å². The molecule has 1 amide bonds. The van der Waals surface area contributed by atoms with Crippen LogP contribution in [0.25, 0.3) is 0 Å². The molecule has 0 fully saturated rings. The van der Waals surface area contributed by atoms with Crippen LogP contribution in [0.15, 0.2) is 11.1 Å². The van der Waals surface area contributed by atoms with E-state index in [0.29, 0.717) is 10.9 Å². The Labute approximate surface area is 75.3 Å². The Morgan fingerprint density at radius 3 is 2.82 bits per heavy atom. The number of rotatable bonds is 3. The number of carbonyl (C=O) groups excluding carboxylic acids is 1. The molecule has 11 heavy (non-hydrogen) atoms. The van der Waals surface area contributed by atoms with E-state index in [2.05, 4.69) is 10.1 Å². The minimum atomic E-state index is -0.508. The highest BCUT2D eigenvalue weighted by Crippen LogP contribution is 1.98. The predicted octanol–water partition coefficient (Wildman–Crippen LogP) is 1.70. The number of alkyl carbamates (subject to hydrolysis) is 1. The van der Waals surface area contributed by atoms with Gasteiger partial charge in [0, 0.05) is 10.9 Å². The van der Waals surface area contributed by atoms with Crippen LogP contribution in [0.5, 0.6) is 0 Å². The predicted molar refractivity (Wildman–Crippen MR) is 45.1 cm³/mol. The van der Waals surface area contributed by atoms with Crippen molar-refractivity contribution in [1.82, 2.24) is 5.32 Å². The Balaban J connectivity index is 3.53. The molecule has 3 nitrogen and oxygen atoms in total. The van der Waals surface area contributed by atoms with E-state index in [1.54, 1.807) is 6.08 Å². The van der Waals surface area contributed by atoms with Crippen molar-refractivity contribution in [2.24, 2.45) is 0 Å². The first-order valence-electron chi connectivity index (χ1n) is 2.93. The molecule has 0 aliphatic heterocycles. The zero-order valence-electron chi connectivity index (χ0n) is 6.06. The molecule has 0 atom stereocenters. The van der Waals surface area contributed by atoms with Crippen LogP contribution in [0.2, 0.25) is 0 Å². The molecule has 0 aromatic carbocycles. The lowest BCUT2D eigenvalue weighted by molar-refractivity contribution is 0.172. The van der Waals surface area contributed by atoms with Crippen LogP contribution in [0.4, 0.5) is 4.79 Å². The summed E-state index contributed by atoms with van der Waals surface area (Å²) in [5.74, 6) is 0.335. The van der Waals surface area contributed by atoms with Gasteiger partial charge in [0.25, 0.3) is 0 Å². The molecule has 0 radical (unpaired) electrons. The first-order valence-corrected chi connectivity index (χ1v) is 3.84. The third kappa shape index (κ3) is 6.01. The highest BCUT2D eigenvalue weighted by Gasteiger charge is 1.97. The van der Waals surface area contributed by atoms with E-state index in [9.17, 15) is 4.79 Å². The van der Waals surface area contributed by atoms with E-state index >= 15 is 0 Å². The van der Waals surface area contributed by atoms with E-state index in [1.807, 2.05) is 0 Å². The number of ether oxygens (including phenoxy) is 1. The van der Waals surface area contributed by atoms with Crippen molar-refractivity contribution in [1.29, 1.82) is 0 Å². The van der Waals surface area contributed by atoms with Gasteiger partial charge in [0.1, 0.15) is 0 Å². The number of methoxy groups -OCH3 is 1. The van der Waals surface area contributed by atoms with E-state index < -0.39 is 6.09 Å². The van der Waals surface area contributed by atoms with Crippen LogP contribution in [0.1, 0.15) is 0 Å². The summed E-state index contributed by atoms with van der Waals surface area (Å²) in [5, 5.41) is 2.89. The first-order chi connectivity index (χ1) is 5.20. The van der Waals surface area contributed by atoms with Crippen molar-refractivity contribution in [2.75, 3.05) is 19.5 Å². The summed E-state index contributed by atoms with van der Waals surface area (Å²) in [6.45, 7) is 0.251. The van der Waals surface area contributed by atoms with E-state index in [4.69, 9.17) is 23.2 Å². The molecule has 0 aromatic rings. The molecule has 64 valence electrons. The van der Waals surface area contributed by atoms with Gasteiger partial charge in [-0.15, -0.1) is 11.6 Å². The highest BCUT2D eigenvalue weighted by atomic mass is 35.5. The maximum absolute atomic E-state index is 10.5. The molecule has 5 heteroatoms. The lowest BCUT2D eigenvalue weighted by Gasteiger charge is -2.00. The minimum Gasteiger partial charge on any atom is -0.453 e. The Hall–Kier alpha value is -0.410. The van der Waals surface area contributed by atoms with E-state index in [-0.39, 0.29) is 6.54 Å². The van der Waals surface area contributed by atoms with Crippen LogP contribution in [0, 0.1) is 0 Å². The molecule has 0 aliphatic carbocycles.